The first kappa shape index (κ1) is 35.4. The van der Waals surface area contributed by atoms with Gasteiger partial charge in [0.05, 0.1) is 5.52 Å². The Morgan fingerprint density at radius 1 is 0.545 bits per heavy atom. The van der Waals surface area contributed by atoms with Gasteiger partial charge in [0.25, 0.3) is 0 Å². The largest absolute Gasteiger partial charge is 2.00 e. The van der Waals surface area contributed by atoms with Crippen LogP contribution >= 0.6 is 11.3 Å². The van der Waals surface area contributed by atoms with Gasteiger partial charge in [-0.05, 0) is 75.2 Å². The second-order valence-electron chi connectivity index (χ2n) is 16.2. The molecule has 0 spiro atoms. The summed E-state index contributed by atoms with van der Waals surface area (Å²) in [7, 11) is 0. The second-order valence-corrected chi connectivity index (χ2v) is 17.3. The molecule has 0 aliphatic rings. The summed E-state index contributed by atoms with van der Waals surface area (Å²) >= 11 is 1.83. The summed E-state index contributed by atoms with van der Waals surface area (Å²) in [4.78, 5) is 9.83. The zero-order chi connectivity index (χ0) is 36.9. The fourth-order valence-electron chi connectivity index (χ4n) is 7.81. The number of nitrogens with zero attached hydrogens (tertiary/aromatic N) is 4. The molecule has 272 valence electrons. The van der Waals surface area contributed by atoms with Crippen LogP contribution in [0.25, 0.3) is 75.4 Å². The molecule has 0 unspecified atom stereocenters. The molecule has 5 aromatic heterocycles. The monoisotopic (exact) mass is 913 g/mol. The molecule has 0 amide bonds. The van der Waals surface area contributed by atoms with E-state index in [-0.39, 0.29) is 31.9 Å². The number of rotatable bonds is 4. The normalized spacial score (nSPS) is 12.4. The number of fused-ring (bicyclic) bond motifs is 10. The van der Waals surface area contributed by atoms with Crippen LogP contribution < -0.4 is 4.74 Å². The molecular formula is C48H38N4OPtS. The summed E-state index contributed by atoms with van der Waals surface area (Å²) in [5, 5.41) is 6.98. The van der Waals surface area contributed by atoms with Gasteiger partial charge < -0.3 is 13.9 Å². The average Bonchev–Trinajstić information content (AvgIpc) is 3.81. The van der Waals surface area contributed by atoms with Gasteiger partial charge in [-0.1, -0.05) is 95.0 Å². The van der Waals surface area contributed by atoms with E-state index < -0.39 is 0 Å². The van der Waals surface area contributed by atoms with Crippen LogP contribution in [0.15, 0.2) is 122 Å². The number of thiophene rings is 1. The van der Waals surface area contributed by atoms with Crippen LogP contribution in [-0.2, 0) is 31.9 Å². The summed E-state index contributed by atoms with van der Waals surface area (Å²) in [6.07, 6.45) is 3.83. The number of ether oxygens (including phenoxy) is 1. The van der Waals surface area contributed by atoms with E-state index in [0.717, 1.165) is 55.2 Å². The van der Waals surface area contributed by atoms with E-state index in [1.54, 1.807) is 0 Å². The first-order chi connectivity index (χ1) is 26.0. The minimum absolute atomic E-state index is 0. The maximum Gasteiger partial charge on any atom is 2.00 e. The van der Waals surface area contributed by atoms with Crippen LogP contribution in [0.1, 0.15) is 52.7 Å². The van der Waals surface area contributed by atoms with Crippen molar-refractivity contribution < 1.29 is 25.8 Å². The van der Waals surface area contributed by atoms with E-state index >= 15 is 0 Å². The molecule has 0 aliphatic heterocycles. The first-order valence-electron chi connectivity index (χ1n) is 18.4. The molecule has 10 rings (SSSR count). The van der Waals surface area contributed by atoms with Crippen molar-refractivity contribution in [1.29, 1.82) is 0 Å². The Morgan fingerprint density at radius 3 is 1.75 bits per heavy atom. The topological polar surface area (TPSA) is 44.9 Å². The van der Waals surface area contributed by atoms with Crippen molar-refractivity contribution >= 4 is 75.1 Å². The molecule has 0 N–H and O–H groups in total. The van der Waals surface area contributed by atoms with Gasteiger partial charge in [0.1, 0.15) is 11.6 Å². The molecule has 0 aliphatic carbocycles. The number of para-hydroxylation sites is 1. The van der Waals surface area contributed by atoms with Crippen molar-refractivity contribution in [2.75, 3.05) is 0 Å². The first-order valence-corrected chi connectivity index (χ1v) is 19.2. The summed E-state index contributed by atoms with van der Waals surface area (Å²) in [5.41, 5.74) is 6.43. The van der Waals surface area contributed by atoms with E-state index in [4.69, 9.17) is 14.7 Å². The second kappa shape index (κ2) is 12.9. The van der Waals surface area contributed by atoms with E-state index in [0.29, 0.717) is 11.5 Å². The van der Waals surface area contributed by atoms with Gasteiger partial charge in [-0.3, -0.25) is 0 Å². The van der Waals surface area contributed by atoms with Crippen LogP contribution in [0.5, 0.6) is 11.5 Å². The van der Waals surface area contributed by atoms with E-state index in [1.807, 2.05) is 35.9 Å². The van der Waals surface area contributed by atoms with Crippen LogP contribution in [0, 0.1) is 12.1 Å². The van der Waals surface area contributed by atoms with Crippen molar-refractivity contribution in [1.82, 2.24) is 19.1 Å². The quantitative estimate of drug-likeness (QED) is 0.165. The predicted octanol–water partition coefficient (Wildman–Crippen LogP) is 13.0. The summed E-state index contributed by atoms with van der Waals surface area (Å²) in [6, 6.07) is 45.9. The molecule has 0 atom stereocenters. The number of benzene rings is 5. The number of hydrogen-bond donors (Lipinski definition) is 0. The molecular weight excluding hydrogens is 876 g/mol. The fraction of sp³-hybridized carbons (Fsp3) is 0.167. The van der Waals surface area contributed by atoms with Gasteiger partial charge in [0, 0.05) is 49.6 Å². The Kier molecular flexibility index (Phi) is 8.31. The Balaban J connectivity index is 0.00000397. The average molecular weight is 914 g/mol. The van der Waals surface area contributed by atoms with Crippen molar-refractivity contribution in [3.63, 3.8) is 0 Å². The summed E-state index contributed by atoms with van der Waals surface area (Å²) in [5.74, 6) is 2.94. The Hall–Kier alpha value is -5.29. The van der Waals surface area contributed by atoms with Crippen LogP contribution in [0.4, 0.5) is 0 Å². The van der Waals surface area contributed by atoms with Crippen molar-refractivity contribution in [3.05, 3.63) is 145 Å². The van der Waals surface area contributed by atoms with Gasteiger partial charge in [-0.2, -0.15) is 12.1 Å². The molecule has 5 heterocycles. The molecule has 5 aromatic carbocycles. The minimum Gasteiger partial charge on any atom is -0.509 e. The fourth-order valence-corrected chi connectivity index (χ4v) is 8.92. The molecule has 0 fully saturated rings. The molecule has 5 nitrogen and oxygen atoms in total. The standard InChI is InChI=1S/C48H38N4OS.Pt/c1-47(2,3)29-21-23-49-43(25-29)51-38-13-9-7-11-33(38)34-17-15-31(27-39(34)51)53-32-16-18-35-36-19-20-42-45(37-12-8-10-14-41(37)54-42)46(36)52(40(35)28-32)44-26-30(22-24-50-44)48(4,5)6;/h7-26H,1-6H3;/q-2;+2. The zero-order valence-corrected chi connectivity index (χ0v) is 34.6. The zero-order valence-electron chi connectivity index (χ0n) is 31.5. The van der Waals surface area contributed by atoms with Gasteiger partial charge in [0.2, 0.25) is 0 Å². The molecule has 10 aromatic rings. The number of pyridine rings is 2. The molecule has 0 bridgehead atoms. The summed E-state index contributed by atoms with van der Waals surface area (Å²) < 4.78 is 13.7. The third kappa shape index (κ3) is 5.77. The maximum absolute atomic E-state index is 6.69. The molecule has 55 heavy (non-hydrogen) atoms. The van der Waals surface area contributed by atoms with Gasteiger partial charge in [-0.15, -0.1) is 46.4 Å². The van der Waals surface area contributed by atoms with Crippen LogP contribution in [-0.4, -0.2) is 19.1 Å². The van der Waals surface area contributed by atoms with Crippen LogP contribution in [0.2, 0.25) is 0 Å². The Labute approximate surface area is 338 Å². The molecule has 0 saturated carbocycles. The number of aromatic nitrogens is 4. The van der Waals surface area contributed by atoms with E-state index in [9.17, 15) is 0 Å². The van der Waals surface area contributed by atoms with E-state index in [1.165, 1.54) is 31.3 Å². The predicted molar refractivity (Wildman–Crippen MR) is 225 cm³/mol. The summed E-state index contributed by atoms with van der Waals surface area (Å²) in [6.45, 7) is 13.4. The Bertz CT molecular complexity index is 3120. The maximum atomic E-state index is 6.69. The van der Waals surface area contributed by atoms with Crippen molar-refractivity contribution in [2.45, 2.75) is 52.4 Å². The third-order valence-electron chi connectivity index (χ3n) is 10.6. The molecule has 0 saturated heterocycles. The van der Waals surface area contributed by atoms with Crippen LogP contribution in [0.3, 0.4) is 0 Å². The van der Waals surface area contributed by atoms with Gasteiger partial charge in [-0.25, -0.2) is 9.97 Å². The minimum atomic E-state index is -0.0423. The van der Waals surface area contributed by atoms with Gasteiger partial charge >= 0.3 is 21.1 Å². The van der Waals surface area contributed by atoms with Gasteiger partial charge in [0.15, 0.2) is 0 Å². The Morgan fingerprint density at radius 2 is 1.09 bits per heavy atom. The molecule has 0 radical (unpaired) electrons. The third-order valence-corrected chi connectivity index (χ3v) is 11.7. The SMILES string of the molecule is CC(C)(C)c1ccnc(-n2c3[c-]c(Oc4[c-]c5c(cc4)c4ccc6sc7ccccc7c6c4n5-c4cc(C(C)(C)C)ccn4)ccc3c3ccccc32)c1.[Pt+2]. The van der Waals surface area contributed by atoms with Crippen molar-refractivity contribution in [2.24, 2.45) is 0 Å². The van der Waals surface area contributed by atoms with E-state index in [2.05, 4.69) is 160 Å². The van der Waals surface area contributed by atoms with Crippen molar-refractivity contribution in [3.8, 4) is 23.1 Å². The smallest absolute Gasteiger partial charge is 0.509 e. The molecule has 7 heteroatoms. The number of hydrogen-bond acceptors (Lipinski definition) is 4.